The van der Waals surface area contributed by atoms with Gasteiger partial charge in [-0.1, -0.05) is 6.92 Å². The van der Waals surface area contributed by atoms with Crippen molar-refractivity contribution < 1.29 is 4.79 Å². The minimum Gasteiger partial charge on any atom is -0.300 e. The first-order valence-electron chi connectivity index (χ1n) is 6.44. The summed E-state index contributed by atoms with van der Waals surface area (Å²) in [5, 5.41) is 0. The molecule has 1 aliphatic heterocycles. The summed E-state index contributed by atoms with van der Waals surface area (Å²) in [5.74, 6) is 0.981. The molecule has 2 heteroatoms. The van der Waals surface area contributed by atoms with Crippen molar-refractivity contribution in [3.05, 3.63) is 0 Å². The Morgan fingerprint density at radius 1 is 1.19 bits per heavy atom. The molecule has 0 radical (unpaired) electrons. The van der Waals surface area contributed by atoms with Gasteiger partial charge in [0, 0.05) is 23.9 Å². The number of piperidine rings is 1. The number of carbonyl (C=O) groups excluding carboxylic acids is 1. The molecule has 16 heavy (non-hydrogen) atoms. The Balaban J connectivity index is 2.75. The zero-order valence-electron chi connectivity index (χ0n) is 11.8. The lowest BCUT2D eigenvalue weighted by Crippen LogP contribution is -2.58. The zero-order chi connectivity index (χ0) is 12.6. The van der Waals surface area contributed by atoms with Crippen LogP contribution in [0.15, 0.2) is 0 Å². The summed E-state index contributed by atoms with van der Waals surface area (Å²) in [7, 11) is 2.21. The summed E-state index contributed by atoms with van der Waals surface area (Å²) >= 11 is 0. The smallest absolute Gasteiger partial charge is 0.132 e. The molecular weight excluding hydrogens is 198 g/mol. The number of hydrogen-bond donors (Lipinski definition) is 0. The van der Waals surface area contributed by atoms with Crippen LogP contribution in [0.5, 0.6) is 0 Å². The van der Waals surface area contributed by atoms with E-state index < -0.39 is 0 Å². The lowest BCUT2D eigenvalue weighted by Gasteiger charge is -2.53. The Bertz CT molecular complexity index is 250. The fourth-order valence-corrected chi connectivity index (χ4v) is 3.19. The van der Waals surface area contributed by atoms with Crippen molar-refractivity contribution in [1.29, 1.82) is 0 Å². The molecule has 1 fully saturated rings. The average molecular weight is 225 g/mol. The van der Waals surface area contributed by atoms with Gasteiger partial charge in [0.1, 0.15) is 5.78 Å². The quantitative estimate of drug-likeness (QED) is 0.735. The maximum atomic E-state index is 11.6. The number of rotatable bonds is 3. The van der Waals surface area contributed by atoms with Gasteiger partial charge in [-0.3, -0.25) is 9.69 Å². The highest BCUT2D eigenvalue weighted by Crippen LogP contribution is 2.41. The molecule has 0 saturated carbocycles. The Hall–Kier alpha value is -0.370. The topological polar surface area (TPSA) is 20.3 Å². The minimum absolute atomic E-state index is 0.209. The summed E-state index contributed by atoms with van der Waals surface area (Å²) in [5.41, 5.74) is 0.418. The van der Waals surface area contributed by atoms with Crippen molar-refractivity contribution in [2.45, 2.75) is 71.4 Å². The molecule has 0 aromatic heterocycles. The van der Waals surface area contributed by atoms with Crippen LogP contribution in [0.4, 0.5) is 0 Å². The SMILES string of the molecule is CCC(=O)CC1CC(C)(C)N(C)C(C)(C)C1. The van der Waals surface area contributed by atoms with Crippen LogP contribution in [-0.2, 0) is 4.79 Å². The van der Waals surface area contributed by atoms with Crippen LogP contribution in [-0.4, -0.2) is 28.8 Å². The number of Topliss-reactive ketones (excluding diaryl/α,β-unsaturated/α-hetero) is 1. The van der Waals surface area contributed by atoms with Crippen molar-refractivity contribution in [2.75, 3.05) is 7.05 Å². The summed E-state index contributed by atoms with van der Waals surface area (Å²) in [6.07, 6.45) is 3.74. The molecule has 0 unspecified atom stereocenters. The largest absolute Gasteiger partial charge is 0.300 e. The van der Waals surface area contributed by atoms with Crippen LogP contribution in [0, 0.1) is 5.92 Å². The fraction of sp³-hybridized carbons (Fsp3) is 0.929. The Labute approximate surface area is 100 Å². The molecule has 0 amide bonds. The standard InChI is InChI=1S/C14H27NO/c1-7-12(16)8-11-9-13(2,3)15(6)14(4,5)10-11/h11H,7-10H2,1-6H3. The van der Waals surface area contributed by atoms with Gasteiger partial charge >= 0.3 is 0 Å². The van der Waals surface area contributed by atoms with Gasteiger partial charge < -0.3 is 0 Å². The van der Waals surface area contributed by atoms with E-state index in [0.717, 1.165) is 19.3 Å². The second-order valence-electron chi connectivity index (χ2n) is 6.55. The van der Waals surface area contributed by atoms with Crippen molar-refractivity contribution in [3.63, 3.8) is 0 Å². The summed E-state index contributed by atoms with van der Waals surface area (Å²) in [6, 6.07) is 0. The number of ketones is 1. The molecule has 0 N–H and O–H groups in total. The highest BCUT2D eigenvalue weighted by Gasteiger charge is 2.43. The Kier molecular flexibility index (Phi) is 3.83. The first kappa shape index (κ1) is 13.7. The third kappa shape index (κ3) is 2.85. The van der Waals surface area contributed by atoms with E-state index in [1.54, 1.807) is 0 Å². The average Bonchev–Trinajstić information content (AvgIpc) is 2.13. The van der Waals surface area contributed by atoms with Crippen molar-refractivity contribution in [3.8, 4) is 0 Å². The van der Waals surface area contributed by atoms with E-state index in [4.69, 9.17) is 0 Å². The molecular formula is C14H27NO. The van der Waals surface area contributed by atoms with Crippen LogP contribution in [0.25, 0.3) is 0 Å². The number of likely N-dealkylation sites (tertiary alicyclic amines) is 1. The van der Waals surface area contributed by atoms with Gasteiger partial charge in [0.2, 0.25) is 0 Å². The molecule has 0 aliphatic carbocycles. The van der Waals surface area contributed by atoms with Gasteiger partial charge in [-0.15, -0.1) is 0 Å². The summed E-state index contributed by atoms with van der Waals surface area (Å²) in [4.78, 5) is 14.0. The van der Waals surface area contributed by atoms with Gasteiger partial charge in [0.15, 0.2) is 0 Å². The Morgan fingerprint density at radius 3 is 2.00 bits per heavy atom. The molecule has 0 atom stereocenters. The predicted octanol–water partition coefficient (Wildman–Crippen LogP) is 3.25. The van der Waals surface area contributed by atoms with Crippen LogP contribution < -0.4 is 0 Å². The number of hydrogen-bond acceptors (Lipinski definition) is 2. The second-order valence-corrected chi connectivity index (χ2v) is 6.55. The van der Waals surface area contributed by atoms with Crippen LogP contribution >= 0.6 is 0 Å². The summed E-state index contributed by atoms with van der Waals surface area (Å²) < 4.78 is 0. The van der Waals surface area contributed by atoms with E-state index in [0.29, 0.717) is 18.1 Å². The van der Waals surface area contributed by atoms with Crippen LogP contribution in [0.1, 0.15) is 60.3 Å². The Morgan fingerprint density at radius 2 is 1.62 bits per heavy atom. The van der Waals surface area contributed by atoms with Crippen molar-refractivity contribution >= 4 is 5.78 Å². The summed E-state index contributed by atoms with van der Waals surface area (Å²) in [6.45, 7) is 11.1. The van der Waals surface area contributed by atoms with E-state index in [1.165, 1.54) is 0 Å². The lowest BCUT2D eigenvalue weighted by molar-refractivity contribution is -0.121. The maximum absolute atomic E-state index is 11.6. The molecule has 94 valence electrons. The predicted molar refractivity (Wildman–Crippen MR) is 68.6 cm³/mol. The van der Waals surface area contributed by atoms with Crippen LogP contribution in [0.2, 0.25) is 0 Å². The molecule has 0 aromatic rings. The minimum atomic E-state index is 0.209. The van der Waals surface area contributed by atoms with Crippen molar-refractivity contribution in [2.24, 2.45) is 5.92 Å². The first-order chi connectivity index (χ1) is 7.19. The van der Waals surface area contributed by atoms with Gasteiger partial charge in [0.25, 0.3) is 0 Å². The molecule has 0 bridgehead atoms. The monoisotopic (exact) mass is 225 g/mol. The first-order valence-corrected chi connectivity index (χ1v) is 6.44. The van der Waals surface area contributed by atoms with Gasteiger partial charge in [-0.05, 0) is 53.5 Å². The maximum Gasteiger partial charge on any atom is 0.132 e. The molecule has 0 spiro atoms. The van der Waals surface area contributed by atoms with E-state index in [2.05, 4.69) is 39.6 Å². The number of nitrogens with zero attached hydrogens (tertiary/aromatic N) is 1. The molecule has 2 nitrogen and oxygen atoms in total. The van der Waals surface area contributed by atoms with E-state index in [1.807, 2.05) is 6.92 Å². The lowest BCUT2D eigenvalue weighted by atomic mass is 9.72. The zero-order valence-corrected chi connectivity index (χ0v) is 11.8. The van der Waals surface area contributed by atoms with Gasteiger partial charge in [-0.2, -0.15) is 0 Å². The second kappa shape index (κ2) is 4.48. The highest BCUT2D eigenvalue weighted by atomic mass is 16.1. The van der Waals surface area contributed by atoms with E-state index >= 15 is 0 Å². The molecule has 1 heterocycles. The molecule has 0 aromatic carbocycles. The fourth-order valence-electron chi connectivity index (χ4n) is 3.19. The third-order valence-electron chi connectivity index (χ3n) is 4.30. The molecule has 1 saturated heterocycles. The molecule has 1 aliphatic rings. The molecule has 1 rings (SSSR count). The normalized spacial score (nSPS) is 25.6. The third-order valence-corrected chi connectivity index (χ3v) is 4.30. The highest BCUT2D eigenvalue weighted by molar-refractivity contribution is 5.78. The van der Waals surface area contributed by atoms with Crippen LogP contribution in [0.3, 0.4) is 0 Å². The van der Waals surface area contributed by atoms with E-state index in [9.17, 15) is 4.79 Å². The van der Waals surface area contributed by atoms with Gasteiger partial charge in [-0.25, -0.2) is 0 Å². The number of carbonyl (C=O) groups is 1. The van der Waals surface area contributed by atoms with Crippen molar-refractivity contribution in [1.82, 2.24) is 4.90 Å². The van der Waals surface area contributed by atoms with E-state index in [-0.39, 0.29) is 11.1 Å². The van der Waals surface area contributed by atoms with Gasteiger partial charge in [0.05, 0.1) is 0 Å².